The minimum atomic E-state index is -1.41. The molecule has 4 N–H and O–H groups in total. The third-order valence-electron chi connectivity index (χ3n) is 3.50. The van der Waals surface area contributed by atoms with Gasteiger partial charge in [-0.3, -0.25) is 9.59 Å². The van der Waals surface area contributed by atoms with E-state index in [0.29, 0.717) is 19.4 Å². The van der Waals surface area contributed by atoms with Crippen LogP contribution in [0.4, 0.5) is 0 Å². The van der Waals surface area contributed by atoms with Crippen molar-refractivity contribution in [3.05, 3.63) is 0 Å². The molecule has 0 aliphatic carbocycles. The van der Waals surface area contributed by atoms with Crippen molar-refractivity contribution in [1.82, 2.24) is 5.32 Å². The number of nitrogens with one attached hydrogen (secondary N) is 1. The van der Waals surface area contributed by atoms with Gasteiger partial charge in [0, 0.05) is 6.54 Å². The molecule has 17 heavy (non-hydrogen) atoms. The van der Waals surface area contributed by atoms with Crippen molar-refractivity contribution in [3.8, 4) is 0 Å². The van der Waals surface area contributed by atoms with Gasteiger partial charge < -0.3 is 16.2 Å². The van der Waals surface area contributed by atoms with Gasteiger partial charge in [-0.2, -0.15) is 0 Å². The molecule has 1 heterocycles. The van der Waals surface area contributed by atoms with Crippen LogP contribution in [0.15, 0.2) is 0 Å². The number of carbonyl (C=O) groups is 2. The third-order valence-corrected chi connectivity index (χ3v) is 3.50. The highest BCUT2D eigenvalue weighted by molar-refractivity contribution is 5.90. The molecule has 0 radical (unpaired) electrons. The number of unbranched alkanes of at least 4 members (excludes halogenated alkanes) is 1. The number of nitrogens with two attached hydrogens (primary N) is 1. The lowest BCUT2D eigenvalue weighted by atomic mass is 9.77. The molecule has 0 aromatic carbocycles. The summed E-state index contributed by atoms with van der Waals surface area (Å²) in [5.41, 5.74) is 4.59. The van der Waals surface area contributed by atoms with E-state index in [9.17, 15) is 14.7 Å². The maximum atomic E-state index is 11.9. The molecule has 0 saturated carbocycles. The number of amides is 1. The average molecular weight is 242 g/mol. The molecule has 1 rings (SSSR count). The summed E-state index contributed by atoms with van der Waals surface area (Å²) >= 11 is 0. The minimum Gasteiger partial charge on any atom is -0.480 e. The predicted octanol–water partition coefficient (Wildman–Crippen LogP) is 0.875. The number of aliphatic carboxylic acids is 1. The van der Waals surface area contributed by atoms with E-state index in [2.05, 4.69) is 5.32 Å². The first-order valence-corrected chi connectivity index (χ1v) is 6.32. The molecule has 1 aliphatic rings. The molecule has 0 bridgehead atoms. The Morgan fingerprint density at radius 1 is 1.59 bits per heavy atom. The SMILES string of the molecule is CCCCC(N)(C(=O)O)C1CCCCNC1=O. The first-order chi connectivity index (χ1) is 8.02. The topological polar surface area (TPSA) is 92.4 Å². The summed E-state index contributed by atoms with van der Waals surface area (Å²) in [5.74, 6) is -1.87. The Morgan fingerprint density at radius 2 is 2.29 bits per heavy atom. The fraction of sp³-hybridized carbons (Fsp3) is 0.833. The van der Waals surface area contributed by atoms with Crippen molar-refractivity contribution in [1.29, 1.82) is 0 Å². The van der Waals surface area contributed by atoms with Gasteiger partial charge in [0.25, 0.3) is 0 Å². The van der Waals surface area contributed by atoms with Crippen molar-refractivity contribution in [3.63, 3.8) is 0 Å². The maximum Gasteiger partial charge on any atom is 0.324 e. The van der Waals surface area contributed by atoms with E-state index in [1.54, 1.807) is 0 Å². The van der Waals surface area contributed by atoms with Crippen LogP contribution in [0.1, 0.15) is 45.4 Å². The van der Waals surface area contributed by atoms with Gasteiger partial charge in [-0.25, -0.2) is 0 Å². The lowest BCUT2D eigenvalue weighted by Crippen LogP contribution is -2.58. The third kappa shape index (κ3) is 3.19. The number of carboxylic acid groups (broad SMARTS) is 1. The van der Waals surface area contributed by atoms with Gasteiger partial charge in [-0.1, -0.05) is 26.2 Å². The summed E-state index contributed by atoms with van der Waals surface area (Å²) in [6.07, 6.45) is 4.27. The molecule has 2 unspecified atom stereocenters. The van der Waals surface area contributed by atoms with E-state index in [0.717, 1.165) is 25.7 Å². The van der Waals surface area contributed by atoms with Crippen molar-refractivity contribution < 1.29 is 14.7 Å². The Kier molecular flexibility index (Phi) is 4.93. The Morgan fingerprint density at radius 3 is 2.88 bits per heavy atom. The first kappa shape index (κ1) is 14.0. The summed E-state index contributed by atoms with van der Waals surface area (Å²) in [6.45, 7) is 2.61. The van der Waals surface area contributed by atoms with Crippen LogP contribution < -0.4 is 11.1 Å². The summed E-state index contributed by atoms with van der Waals surface area (Å²) in [4.78, 5) is 23.3. The van der Waals surface area contributed by atoms with Crippen molar-refractivity contribution in [2.24, 2.45) is 11.7 Å². The van der Waals surface area contributed by atoms with Crippen LogP contribution in [0.2, 0.25) is 0 Å². The Labute approximate surface area is 102 Å². The van der Waals surface area contributed by atoms with Crippen molar-refractivity contribution >= 4 is 11.9 Å². The fourth-order valence-electron chi connectivity index (χ4n) is 2.33. The van der Waals surface area contributed by atoms with E-state index < -0.39 is 17.4 Å². The summed E-state index contributed by atoms with van der Waals surface area (Å²) in [7, 11) is 0. The van der Waals surface area contributed by atoms with Gasteiger partial charge in [0.05, 0.1) is 5.92 Å². The molecule has 1 aliphatic heterocycles. The highest BCUT2D eigenvalue weighted by atomic mass is 16.4. The van der Waals surface area contributed by atoms with Gasteiger partial charge >= 0.3 is 5.97 Å². The number of hydrogen-bond donors (Lipinski definition) is 3. The molecule has 0 spiro atoms. The zero-order chi connectivity index (χ0) is 12.9. The standard InChI is InChI=1S/C12H22N2O3/c1-2-3-7-12(13,11(16)17)9-6-4-5-8-14-10(9)15/h9H,2-8,13H2,1H3,(H,14,15)(H,16,17). The van der Waals surface area contributed by atoms with Gasteiger partial charge in [-0.05, 0) is 19.3 Å². The van der Waals surface area contributed by atoms with Crippen molar-refractivity contribution in [2.75, 3.05) is 6.54 Å². The van der Waals surface area contributed by atoms with Gasteiger partial charge in [0.2, 0.25) is 5.91 Å². The largest absolute Gasteiger partial charge is 0.480 e. The van der Waals surface area contributed by atoms with Gasteiger partial charge in [-0.15, -0.1) is 0 Å². The zero-order valence-electron chi connectivity index (χ0n) is 10.4. The fourth-order valence-corrected chi connectivity index (χ4v) is 2.33. The molecule has 2 atom stereocenters. The predicted molar refractivity (Wildman–Crippen MR) is 64.4 cm³/mol. The zero-order valence-corrected chi connectivity index (χ0v) is 10.4. The number of carboxylic acids is 1. The highest BCUT2D eigenvalue weighted by Crippen LogP contribution is 2.28. The van der Waals surface area contributed by atoms with Crippen LogP contribution in [0, 0.1) is 5.92 Å². The number of hydrogen-bond acceptors (Lipinski definition) is 3. The molecule has 0 aromatic heterocycles. The van der Waals surface area contributed by atoms with Crippen LogP contribution in [0.5, 0.6) is 0 Å². The molecular formula is C12H22N2O3. The lowest BCUT2D eigenvalue weighted by molar-refractivity contribution is -0.149. The summed E-state index contributed by atoms with van der Waals surface area (Å²) in [5, 5.41) is 12.1. The average Bonchev–Trinajstić information content (AvgIpc) is 2.50. The molecule has 1 fully saturated rings. The van der Waals surface area contributed by atoms with E-state index in [-0.39, 0.29) is 5.91 Å². The molecule has 5 nitrogen and oxygen atoms in total. The van der Waals surface area contributed by atoms with Crippen LogP contribution in [-0.4, -0.2) is 29.1 Å². The molecule has 98 valence electrons. The number of carbonyl (C=O) groups excluding carboxylic acids is 1. The first-order valence-electron chi connectivity index (χ1n) is 6.32. The van der Waals surface area contributed by atoms with Gasteiger partial charge in [0.1, 0.15) is 5.54 Å². The second-order valence-corrected chi connectivity index (χ2v) is 4.79. The second kappa shape index (κ2) is 6.00. The quantitative estimate of drug-likeness (QED) is 0.667. The summed E-state index contributed by atoms with van der Waals surface area (Å²) in [6, 6.07) is 0. The van der Waals surface area contributed by atoms with E-state index in [4.69, 9.17) is 5.73 Å². The Hall–Kier alpha value is -1.10. The van der Waals surface area contributed by atoms with Crippen molar-refractivity contribution in [2.45, 2.75) is 51.0 Å². The van der Waals surface area contributed by atoms with Crippen LogP contribution in [-0.2, 0) is 9.59 Å². The number of rotatable bonds is 5. The van der Waals surface area contributed by atoms with Crippen LogP contribution >= 0.6 is 0 Å². The van der Waals surface area contributed by atoms with E-state index in [1.807, 2.05) is 6.92 Å². The second-order valence-electron chi connectivity index (χ2n) is 4.79. The molecule has 1 saturated heterocycles. The lowest BCUT2D eigenvalue weighted by Gasteiger charge is -2.31. The van der Waals surface area contributed by atoms with Crippen LogP contribution in [0.3, 0.4) is 0 Å². The van der Waals surface area contributed by atoms with Gasteiger partial charge in [0.15, 0.2) is 0 Å². The molecule has 5 heteroatoms. The van der Waals surface area contributed by atoms with E-state index in [1.165, 1.54) is 0 Å². The highest BCUT2D eigenvalue weighted by Gasteiger charge is 2.45. The normalized spacial score (nSPS) is 24.6. The molecule has 0 aromatic rings. The minimum absolute atomic E-state index is 0.205. The molecular weight excluding hydrogens is 220 g/mol. The maximum absolute atomic E-state index is 11.9. The van der Waals surface area contributed by atoms with Crippen LogP contribution in [0.25, 0.3) is 0 Å². The monoisotopic (exact) mass is 242 g/mol. The molecule has 1 amide bonds. The summed E-state index contributed by atoms with van der Waals surface area (Å²) < 4.78 is 0. The Balaban J connectivity index is 2.86. The Bertz CT molecular complexity index is 293. The van der Waals surface area contributed by atoms with E-state index >= 15 is 0 Å². The smallest absolute Gasteiger partial charge is 0.324 e.